The van der Waals surface area contributed by atoms with Gasteiger partial charge in [-0.25, -0.2) is 9.48 Å². The zero-order valence-electron chi connectivity index (χ0n) is 17.2. The maximum Gasteiger partial charge on any atom is 0.338 e. The number of esters is 1. The highest BCUT2D eigenvalue weighted by molar-refractivity contribution is 7.98. The molecule has 164 valence electrons. The number of carbonyl (C=O) groups excluding carboxylic acids is 3. The van der Waals surface area contributed by atoms with Gasteiger partial charge in [-0.2, -0.15) is 16.9 Å². The van der Waals surface area contributed by atoms with Crippen LogP contribution in [0.5, 0.6) is 0 Å². The minimum Gasteiger partial charge on any atom is -0.465 e. The summed E-state index contributed by atoms with van der Waals surface area (Å²) in [4.78, 5) is 37.5. The molecule has 0 radical (unpaired) electrons. The minimum atomic E-state index is -0.589. The summed E-state index contributed by atoms with van der Waals surface area (Å²) < 4.78 is 11.8. The summed E-state index contributed by atoms with van der Waals surface area (Å²) >= 11 is 1.69. The Labute approximate surface area is 183 Å². The van der Waals surface area contributed by atoms with Gasteiger partial charge in [0.1, 0.15) is 12.4 Å². The molecule has 1 fully saturated rings. The number of hydrogen-bond acceptors (Lipinski definition) is 7. The van der Waals surface area contributed by atoms with Crippen molar-refractivity contribution in [2.45, 2.75) is 37.0 Å². The van der Waals surface area contributed by atoms with Gasteiger partial charge in [-0.15, -0.1) is 0 Å². The third kappa shape index (κ3) is 4.75. The van der Waals surface area contributed by atoms with E-state index in [1.54, 1.807) is 30.0 Å². The summed E-state index contributed by atoms with van der Waals surface area (Å²) in [5, 5.41) is 10.3. The zero-order valence-corrected chi connectivity index (χ0v) is 18.0. The van der Waals surface area contributed by atoms with Crippen LogP contribution in [-0.2, 0) is 32.3 Å². The summed E-state index contributed by atoms with van der Waals surface area (Å²) in [6, 6.07) is 6.44. The molecule has 10 heteroatoms. The van der Waals surface area contributed by atoms with Gasteiger partial charge in [-0.05, 0) is 25.0 Å². The van der Waals surface area contributed by atoms with Crippen molar-refractivity contribution in [1.82, 2.24) is 15.1 Å². The Hall–Kier alpha value is -2.85. The monoisotopic (exact) mass is 444 g/mol. The maximum atomic E-state index is 13.0. The second kappa shape index (κ2) is 9.52. The number of benzene rings is 1. The summed E-state index contributed by atoms with van der Waals surface area (Å²) in [6.45, 7) is 1.18. The lowest BCUT2D eigenvalue weighted by atomic mass is 10.1. The van der Waals surface area contributed by atoms with Crippen LogP contribution in [0.25, 0.3) is 0 Å². The number of fused-ring (bicyclic) bond motifs is 1. The minimum absolute atomic E-state index is 0.0152. The molecule has 1 aromatic carbocycles. The molecule has 2 N–H and O–H groups in total. The number of anilines is 1. The van der Waals surface area contributed by atoms with E-state index in [0.29, 0.717) is 18.1 Å². The Morgan fingerprint density at radius 1 is 1.26 bits per heavy atom. The molecule has 2 aliphatic rings. The summed E-state index contributed by atoms with van der Waals surface area (Å²) in [7, 11) is 1.27. The predicted molar refractivity (Wildman–Crippen MR) is 115 cm³/mol. The van der Waals surface area contributed by atoms with Gasteiger partial charge in [0.15, 0.2) is 0 Å². The van der Waals surface area contributed by atoms with Crippen molar-refractivity contribution in [2.24, 2.45) is 0 Å². The standard InChI is InChI=1S/C21H24N4O5S/c1-29-21(28)15-7-3-2-6-14(15)20(27)23-19-16-11-31-12-17(16)24-25(19)10-18(26)22-9-13-5-4-8-30-13/h2-3,6-7,13H,4-5,8-12H2,1H3,(H,22,26)(H,23,27). The van der Waals surface area contributed by atoms with Gasteiger partial charge in [0.2, 0.25) is 5.91 Å². The lowest BCUT2D eigenvalue weighted by Gasteiger charge is -2.14. The molecular formula is C21H24N4O5S. The van der Waals surface area contributed by atoms with Crippen molar-refractivity contribution in [2.75, 3.05) is 25.6 Å². The molecule has 0 bridgehead atoms. The highest BCUT2D eigenvalue weighted by atomic mass is 32.2. The van der Waals surface area contributed by atoms with Crippen molar-refractivity contribution in [3.05, 3.63) is 46.6 Å². The molecule has 4 rings (SSSR count). The number of nitrogens with one attached hydrogen (secondary N) is 2. The highest BCUT2D eigenvalue weighted by Gasteiger charge is 2.27. The molecule has 0 saturated carbocycles. The fourth-order valence-electron chi connectivity index (χ4n) is 3.69. The van der Waals surface area contributed by atoms with Gasteiger partial charge in [-0.1, -0.05) is 12.1 Å². The third-order valence-corrected chi connectivity index (χ3v) is 6.24. The number of nitrogens with zero attached hydrogens (tertiary/aromatic N) is 2. The van der Waals surface area contributed by atoms with Crippen molar-refractivity contribution >= 4 is 35.4 Å². The number of methoxy groups -OCH3 is 1. The summed E-state index contributed by atoms with van der Waals surface area (Å²) in [6.07, 6.45) is 2.00. The maximum absolute atomic E-state index is 13.0. The van der Waals surface area contributed by atoms with E-state index in [1.807, 2.05) is 0 Å². The SMILES string of the molecule is COC(=O)c1ccccc1C(=O)Nc1c2c(nn1CC(=O)NCC1CCCO1)CSC2. The lowest BCUT2D eigenvalue weighted by molar-refractivity contribution is -0.122. The van der Waals surface area contributed by atoms with E-state index in [2.05, 4.69) is 15.7 Å². The van der Waals surface area contributed by atoms with Crippen molar-refractivity contribution in [1.29, 1.82) is 0 Å². The van der Waals surface area contributed by atoms with E-state index >= 15 is 0 Å². The summed E-state index contributed by atoms with van der Waals surface area (Å²) in [5.74, 6) is 0.657. The van der Waals surface area contributed by atoms with Gasteiger partial charge >= 0.3 is 5.97 Å². The van der Waals surface area contributed by atoms with Crippen LogP contribution in [0.4, 0.5) is 5.82 Å². The average molecular weight is 445 g/mol. The van der Waals surface area contributed by atoms with Gasteiger partial charge in [0.05, 0.1) is 30.0 Å². The van der Waals surface area contributed by atoms with Crippen molar-refractivity contribution in [3.63, 3.8) is 0 Å². The molecule has 0 aliphatic carbocycles. The first-order valence-electron chi connectivity index (χ1n) is 10.1. The summed E-state index contributed by atoms with van der Waals surface area (Å²) in [5.41, 5.74) is 2.13. The second-order valence-electron chi connectivity index (χ2n) is 7.35. The smallest absolute Gasteiger partial charge is 0.338 e. The fraction of sp³-hybridized carbons (Fsp3) is 0.429. The average Bonchev–Trinajstić information content (AvgIpc) is 3.52. The molecule has 1 saturated heterocycles. The molecule has 1 aromatic heterocycles. The van der Waals surface area contributed by atoms with Crippen molar-refractivity contribution in [3.8, 4) is 0 Å². The quantitative estimate of drug-likeness (QED) is 0.628. The number of carbonyl (C=O) groups is 3. The number of rotatable bonds is 7. The molecule has 2 amide bonds. The fourth-order valence-corrected chi connectivity index (χ4v) is 4.72. The van der Waals surface area contributed by atoms with Crippen LogP contribution in [-0.4, -0.2) is 53.9 Å². The van der Waals surface area contributed by atoms with Crippen LogP contribution in [0.1, 0.15) is 44.8 Å². The van der Waals surface area contributed by atoms with Crippen LogP contribution in [0.3, 0.4) is 0 Å². The second-order valence-corrected chi connectivity index (χ2v) is 8.34. The molecule has 1 unspecified atom stereocenters. The van der Waals surface area contributed by atoms with E-state index in [4.69, 9.17) is 9.47 Å². The van der Waals surface area contributed by atoms with Gasteiger partial charge in [-0.3, -0.25) is 9.59 Å². The molecule has 9 nitrogen and oxygen atoms in total. The van der Waals surface area contributed by atoms with E-state index < -0.39 is 11.9 Å². The number of hydrogen-bond donors (Lipinski definition) is 2. The molecule has 2 aliphatic heterocycles. The molecule has 0 spiro atoms. The third-order valence-electron chi connectivity index (χ3n) is 5.27. The molecule has 2 aromatic rings. The number of amides is 2. The van der Waals surface area contributed by atoms with Crippen LogP contribution >= 0.6 is 11.8 Å². The number of aromatic nitrogens is 2. The molecular weight excluding hydrogens is 420 g/mol. The first-order valence-corrected chi connectivity index (χ1v) is 11.3. The van der Waals surface area contributed by atoms with Gasteiger partial charge in [0.25, 0.3) is 5.91 Å². The molecule has 31 heavy (non-hydrogen) atoms. The van der Waals surface area contributed by atoms with Crippen LogP contribution in [0.15, 0.2) is 24.3 Å². The Morgan fingerprint density at radius 2 is 2.06 bits per heavy atom. The van der Waals surface area contributed by atoms with Crippen molar-refractivity contribution < 1.29 is 23.9 Å². The molecule has 3 heterocycles. The first kappa shape index (κ1) is 21.4. The Kier molecular flexibility index (Phi) is 6.57. The Bertz CT molecular complexity index is 1000. The van der Waals surface area contributed by atoms with E-state index in [9.17, 15) is 14.4 Å². The Morgan fingerprint density at radius 3 is 2.81 bits per heavy atom. The highest BCUT2D eigenvalue weighted by Crippen LogP contribution is 2.35. The predicted octanol–water partition coefficient (Wildman–Crippen LogP) is 1.96. The number of thioether (sulfide) groups is 1. The largest absolute Gasteiger partial charge is 0.465 e. The van der Waals surface area contributed by atoms with Crippen LogP contribution in [0, 0.1) is 0 Å². The molecule has 1 atom stereocenters. The van der Waals surface area contributed by atoms with E-state index in [1.165, 1.54) is 17.9 Å². The lowest BCUT2D eigenvalue weighted by Crippen LogP contribution is -2.34. The number of ether oxygens (including phenoxy) is 2. The van der Waals surface area contributed by atoms with E-state index in [0.717, 1.165) is 36.5 Å². The Balaban J connectivity index is 1.51. The van der Waals surface area contributed by atoms with Gasteiger partial charge < -0.3 is 20.1 Å². The topological polar surface area (TPSA) is 112 Å². The van der Waals surface area contributed by atoms with Gasteiger partial charge in [0, 0.05) is 30.2 Å². The van der Waals surface area contributed by atoms with Crippen LogP contribution < -0.4 is 10.6 Å². The van der Waals surface area contributed by atoms with Crippen LogP contribution in [0.2, 0.25) is 0 Å². The van der Waals surface area contributed by atoms with E-state index in [-0.39, 0.29) is 29.7 Å². The zero-order chi connectivity index (χ0) is 21.8. The first-order chi connectivity index (χ1) is 15.1. The normalized spacial score (nSPS) is 17.3.